The van der Waals surface area contributed by atoms with Gasteiger partial charge < -0.3 is 10.3 Å². The second-order valence-electron chi connectivity index (χ2n) is 8.52. The Bertz CT molecular complexity index is 743. The predicted molar refractivity (Wildman–Crippen MR) is 129 cm³/mol. The number of aromatic nitrogens is 1. The summed E-state index contributed by atoms with van der Waals surface area (Å²) in [5.74, 6) is 1.32. The van der Waals surface area contributed by atoms with E-state index in [0.29, 0.717) is 11.8 Å². The van der Waals surface area contributed by atoms with Crippen LogP contribution in [0.5, 0.6) is 0 Å². The van der Waals surface area contributed by atoms with Crippen LogP contribution in [0.2, 0.25) is 0 Å². The van der Waals surface area contributed by atoms with Crippen molar-refractivity contribution in [2.75, 3.05) is 0 Å². The Hall–Kier alpha value is -0.710. The van der Waals surface area contributed by atoms with Crippen LogP contribution in [0.1, 0.15) is 91.9 Å². The average molecular weight is 421 g/mol. The van der Waals surface area contributed by atoms with Gasteiger partial charge in [0.05, 0.1) is 15.9 Å². The molecule has 0 bridgehead atoms. The Morgan fingerprint density at radius 1 is 0.964 bits per heavy atom. The third-order valence-corrected chi connectivity index (χ3v) is 7.66. The van der Waals surface area contributed by atoms with Gasteiger partial charge in [0.1, 0.15) is 0 Å². The van der Waals surface area contributed by atoms with E-state index in [1.807, 2.05) is 0 Å². The molecule has 2 atom stereocenters. The normalized spacial score (nSPS) is 16.2. The fourth-order valence-electron chi connectivity index (χ4n) is 4.54. The molecule has 158 valence electrons. The van der Waals surface area contributed by atoms with Crippen molar-refractivity contribution in [1.82, 2.24) is 4.57 Å². The van der Waals surface area contributed by atoms with E-state index in [9.17, 15) is 0 Å². The minimum atomic E-state index is -0.389. The standard InChI is InChI=1S/C24H40N2S2/c1-5-9-13-19(7-3)17-24(25,18-20(8-4)14-10-6-2)26-21-15-11-12-16-22(21)28-23(26)27/h11-12,15-16,19-20H,5-10,13-14,17-18,25H2,1-4H3. The highest BCUT2D eigenvalue weighted by Gasteiger charge is 2.34. The number of nitrogens with two attached hydrogens (primary N) is 1. The van der Waals surface area contributed by atoms with E-state index >= 15 is 0 Å². The number of thiazole rings is 1. The molecule has 0 radical (unpaired) electrons. The van der Waals surface area contributed by atoms with Crippen molar-refractivity contribution in [1.29, 1.82) is 0 Å². The van der Waals surface area contributed by atoms with Gasteiger partial charge in [-0.05, 0) is 49.0 Å². The van der Waals surface area contributed by atoms with E-state index < -0.39 is 0 Å². The molecular weight excluding hydrogens is 380 g/mol. The first-order valence-corrected chi connectivity index (χ1v) is 12.6. The fourth-order valence-corrected chi connectivity index (χ4v) is 6.06. The monoisotopic (exact) mass is 420 g/mol. The molecule has 0 spiro atoms. The van der Waals surface area contributed by atoms with Crippen LogP contribution in [-0.2, 0) is 5.66 Å². The molecule has 0 fully saturated rings. The molecule has 1 aromatic heterocycles. The molecule has 0 saturated carbocycles. The lowest BCUT2D eigenvalue weighted by molar-refractivity contribution is 0.162. The third-order valence-electron chi connectivity index (χ3n) is 6.30. The first-order valence-electron chi connectivity index (χ1n) is 11.4. The quantitative estimate of drug-likeness (QED) is 0.331. The zero-order chi connectivity index (χ0) is 20.6. The fraction of sp³-hybridized carbons (Fsp3) is 0.708. The lowest BCUT2D eigenvalue weighted by Gasteiger charge is -2.38. The molecule has 1 heterocycles. The molecule has 2 rings (SSSR count). The van der Waals surface area contributed by atoms with Crippen molar-refractivity contribution in [2.45, 2.75) is 97.6 Å². The third kappa shape index (κ3) is 5.90. The predicted octanol–water partition coefficient (Wildman–Crippen LogP) is 8.26. The number of rotatable bonds is 13. The van der Waals surface area contributed by atoms with E-state index in [-0.39, 0.29) is 5.66 Å². The largest absolute Gasteiger partial charge is 0.308 e. The van der Waals surface area contributed by atoms with Crippen molar-refractivity contribution in [3.63, 3.8) is 0 Å². The van der Waals surface area contributed by atoms with Crippen molar-refractivity contribution in [3.8, 4) is 0 Å². The van der Waals surface area contributed by atoms with Gasteiger partial charge >= 0.3 is 0 Å². The lowest BCUT2D eigenvalue weighted by atomic mass is 9.81. The smallest absolute Gasteiger partial charge is 0.163 e. The number of hydrogen-bond acceptors (Lipinski definition) is 3. The van der Waals surface area contributed by atoms with E-state index in [2.05, 4.69) is 56.5 Å². The Balaban J connectivity index is 2.44. The van der Waals surface area contributed by atoms with Crippen molar-refractivity contribution in [2.24, 2.45) is 17.6 Å². The average Bonchev–Trinajstić information content (AvgIpc) is 3.04. The number of nitrogens with zero attached hydrogens (tertiary/aromatic N) is 1. The molecule has 0 amide bonds. The summed E-state index contributed by atoms with van der Waals surface area (Å²) in [5, 5.41) is 0. The minimum Gasteiger partial charge on any atom is -0.308 e. The Morgan fingerprint density at radius 3 is 2.00 bits per heavy atom. The number of hydrogen-bond donors (Lipinski definition) is 1. The Morgan fingerprint density at radius 2 is 1.50 bits per heavy atom. The van der Waals surface area contributed by atoms with Gasteiger partial charge in [-0.3, -0.25) is 0 Å². The maximum Gasteiger partial charge on any atom is 0.163 e. The number of fused-ring (bicyclic) bond motifs is 1. The molecule has 0 aliphatic carbocycles. The summed E-state index contributed by atoms with van der Waals surface area (Å²) in [4.78, 5) is 0. The van der Waals surface area contributed by atoms with Crippen molar-refractivity contribution >= 4 is 33.8 Å². The summed E-state index contributed by atoms with van der Waals surface area (Å²) >= 11 is 7.56. The molecular formula is C24H40N2S2. The summed E-state index contributed by atoms with van der Waals surface area (Å²) in [5.41, 5.74) is 8.16. The van der Waals surface area contributed by atoms with Gasteiger partial charge in [0.15, 0.2) is 3.95 Å². The second kappa shape index (κ2) is 11.5. The van der Waals surface area contributed by atoms with Gasteiger partial charge in [-0.1, -0.05) is 91.2 Å². The highest BCUT2D eigenvalue weighted by Crippen LogP contribution is 2.38. The Labute approximate surface area is 181 Å². The number of unbranched alkanes of at least 4 members (excludes halogenated alkanes) is 2. The van der Waals surface area contributed by atoms with E-state index in [4.69, 9.17) is 18.0 Å². The summed E-state index contributed by atoms with van der Waals surface area (Å²) < 4.78 is 4.51. The minimum absolute atomic E-state index is 0.389. The van der Waals surface area contributed by atoms with Gasteiger partial charge in [-0.2, -0.15) is 0 Å². The molecule has 28 heavy (non-hydrogen) atoms. The number of para-hydroxylation sites is 1. The molecule has 0 aliphatic heterocycles. The van der Waals surface area contributed by atoms with Gasteiger partial charge in [-0.25, -0.2) is 0 Å². The SMILES string of the molecule is CCCCC(CC)CC(N)(CC(CC)CCCC)n1c(=S)sc2ccccc21. The van der Waals surface area contributed by atoms with Crippen LogP contribution in [0, 0.1) is 15.8 Å². The molecule has 4 heteroatoms. The van der Waals surface area contributed by atoms with Gasteiger partial charge in [0, 0.05) is 0 Å². The first-order chi connectivity index (χ1) is 13.5. The first kappa shape index (κ1) is 23.6. The summed E-state index contributed by atoms with van der Waals surface area (Å²) in [6.07, 6.45) is 12.1. The van der Waals surface area contributed by atoms with Crippen LogP contribution in [-0.4, -0.2) is 4.57 Å². The summed E-state index contributed by atoms with van der Waals surface area (Å²) in [6, 6.07) is 8.59. The molecule has 0 saturated heterocycles. The van der Waals surface area contributed by atoms with Crippen LogP contribution in [0.15, 0.2) is 24.3 Å². The van der Waals surface area contributed by atoms with Gasteiger partial charge in [0.25, 0.3) is 0 Å². The van der Waals surface area contributed by atoms with Crippen molar-refractivity contribution in [3.05, 3.63) is 28.2 Å². The lowest BCUT2D eigenvalue weighted by Crippen LogP contribution is -2.46. The zero-order valence-corrected chi connectivity index (χ0v) is 20.0. The van der Waals surface area contributed by atoms with E-state index in [1.165, 1.54) is 61.6 Å². The highest BCUT2D eigenvalue weighted by molar-refractivity contribution is 7.73. The molecule has 2 aromatic rings. The van der Waals surface area contributed by atoms with Crippen molar-refractivity contribution < 1.29 is 0 Å². The second-order valence-corrected chi connectivity index (χ2v) is 10.2. The van der Waals surface area contributed by atoms with E-state index in [0.717, 1.165) is 16.8 Å². The van der Waals surface area contributed by atoms with Crippen LogP contribution in [0.4, 0.5) is 0 Å². The zero-order valence-electron chi connectivity index (χ0n) is 18.4. The van der Waals surface area contributed by atoms with E-state index in [1.54, 1.807) is 11.3 Å². The Kier molecular flexibility index (Phi) is 9.65. The molecule has 2 nitrogen and oxygen atoms in total. The van der Waals surface area contributed by atoms with Gasteiger partial charge in [-0.15, -0.1) is 11.3 Å². The summed E-state index contributed by atoms with van der Waals surface area (Å²) in [6.45, 7) is 9.20. The molecule has 2 N–H and O–H groups in total. The van der Waals surface area contributed by atoms with Gasteiger partial charge in [0.2, 0.25) is 0 Å². The van der Waals surface area contributed by atoms with Crippen LogP contribution in [0.3, 0.4) is 0 Å². The van der Waals surface area contributed by atoms with Crippen LogP contribution in [0.25, 0.3) is 10.2 Å². The topological polar surface area (TPSA) is 30.9 Å². The molecule has 1 aromatic carbocycles. The van der Waals surface area contributed by atoms with Crippen LogP contribution >= 0.6 is 23.6 Å². The maximum atomic E-state index is 7.33. The molecule has 0 aliphatic rings. The molecule has 2 unspecified atom stereocenters. The maximum absolute atomic E-state index is 7.33. The highest BCUT2D eigenvalue weighted by atomic mass is 32.1. The number of benzene rings is 1. The van der Waals surface area contributed by atoms with Crippen LogP contribution < -0.4 is 5.73 Å². The summed E-state index contributed by atoms with van der Waals surface area (Å²) in [7, 11) is 0.